The summed E-state index contributed by atoms with van der Waals surface area (Å²) >= 11 is 0. The summed E-state index contributed by atoms with van der Waals surface area (Å²) in [7, 11) is 0. The molecule has 4 nitrogen and oxygen atoms in total. The van der Waals surface area contributed by atoms with E-state index in [0.717, 1.165) is 25.3 Å². The van der Waals surface area contributed by atoms with E-state index in [0.29, 0.717) is 0 Å². The Hall–Kier alpha value is -1.42. The Kier molecular flexibility index (Phi) is 10.3. The number of rotatable bonds is 13. The highest BCUT2D eigenvalue weighted by molar-refractivity contribution is 5.32. The summed E-state index contributed by atoms with van der Waals surface area (Å²) in [5, 5.41) is 10.7. The highest BCUT2D eigenvalue weighted by Gasteiger charge is 2.07. The molecule has 24 heavy (non-hydrogen) atoms. The number of nitro groups is 1. The lowest BCUT2D eigenvalue weighted by molar-refractivity contribution is -0.384. The molecular formula is C20H34N2O2. The van der Waals surface area contributed by atoms with Crippen LogP contribution in [0.15, 0.2) is 24.3 Å². The minimum Gasteiger partial charge on any atom is -0.303 e. The van der Waals surface area contributed by atoms with Gasteiger partial charge in [-0.2, -0.15) is 0 Å². The standard InChI is InChI=1S/C20H34N2O2/c1-4-5-6-7-15-21(17-14-18(2)3)16-8-9-19-10-12-20(13-11-19)22(23)24/h10-13,18H,4-9,14-17H2,1-3H3. The third kappa shape index (κ3) is 9.02. The van der Waals surface area contributed by atoms with Crippen LogP contribution in [0.1, 0.15) is 64.9 Å². The Morgan fingerprint density at radius 1 is 1.00 bits per heavy atom. The monoisotopic (exact) mass is 334 g/mol. The van der Waals surface area contributed by atoms with E-state index >= 15 is 0 Å². The Morgan fingerprint density at radius 3 is 2.25 bits per heavy atom. The van der Waals surface area contributed by atoms with Crippen LogP contribution in [0.4, 0.5) is 5.69 Å². The van der Waals surface area contributed by atoms with Crippen molar-refractivity contribution in [2.45, 2.75) is 65.7 Å². The highest BCUT2D eigenvalue weighted by atomic mass is 16.6. The van der Waals surface area contributed by atoms with Gasteiger partial charge in [0, 0.05) is 12.1 Å². The minimum absolute atomic E-state index is 0.174. The van der Waals surface area contributed by atoms with Crippen LogP contribution < -0.4 is 0 Å². The van der Waals surface area contributed by atoms with E-state index in [4.69, 9.17) is 0 Å². The summed E-state index contributed by atoms with van der Waals surface area (Å²) in [6, 6.07) is 6.99. The zero-order valence-electron chi connectivity index (χ0n) is 15.7. The molecule has 0 aliphatic carbocycles. The number of aryl methyl sites for hydroxylation is 1. The van der Waals surface area contributed by atoms with Crippen molar-refractivity contribution in [2.24, 2.45) is 5.92 Å². The van der Waals surface area contributed by atoms with E-state index in [1.54, 1.807) is 12.1 Å². The third-order valence-corrected chi connectivity index (χ3v) is 4.44. The van der Waals surface area contributed by atoms with Gasteiger partial charge < -0.3 is 4.90 Å². The lowest BCUT2D eigenvalue weighted by Gasteiger charge is -2.23. The normalized spacial score (nSPS) is 11.4. The summed E-state index contributed by atoms with van der Waals surface area (Å²) < 4.78 is 0. The van der Waals surface area contributed by atoms with Gasteiger partial charge in [0.1, 0.15) is 0 Å². The van der Waals surface area contributed by atoms with Crippen molar-refractivity contribution in [3.63, 3.8) is 0 Å². The van der Waals surface area contributed by atoms with Crippen LogP contribution in [0.3, 0.4) is 0 Å². The molecule has 0 fully saturated rings. The average Bonchev–Trinajstić information content (AvgIpc) is 2.56. The van der Waals surface area contributed by atoms with Crippen molar-refractivity contribution in [2.75, 3.05) is 19.6 Å². The van der Waals surface area contributed by atoms with Crippen LogP contribution in [-0.4, -0.2) is 29.5 Å². The second kappa shape index (κ2) is 12.0. The first-order chi connectivity index (χ1) is 11.5. The number of hydrogen-bond acceptors (Lipinski definition) is 3. The fourth-order valence-electron chi connectivity index (χ4n) is 2.83. The minimum atomic E-state index is -0.340. The van der Waals surface area contributed by atoms with E-state index in [9.17, 15) is 10.1 Å². The van der Waals surface area contributed by atoms with Gasteiger partial charge in [0.2, 0.25) is 0 Å². The van der Waals surface area contributed by atoms with Crippen LogP contribution in [0.5, 0.6) is 0 Å². The van der Waals surface area contributed by atoms with Gasteiger partial charge in [0.15, 0.2) is 0 Å². The summed E-state index contributed by atoms with van der Waals surface area (Å²) in [6.07, 6.45) is 8.60. The largest absolute Gasteiger partial charge is 0.303 e. The van der Waals surface area contributed by atoms with Crippen molar-refractivity contribution in [3.8, 4) is 0 Å². The van der Waals surface area contributed by atoms with Gasteiger partial charge in [0.25, 0.3) is 5.69 Å². The van der Waals surface area contributed by atoms with Gasteiger partial charge >= 0.3 is 0 Å². The third-order valence-electron chi connectivity index (χ3n) is 4.44. The van der Waals surface area contributed by atoms with E-state index in [1.807, 2.05) is 12.1 Å². The van der Waals surface area contributed by atoms with Crippen molar-refractivity contribution in [1.82, 2.24) is 4.90 Å². The van der Waals surface area contributed by atoms with E-state index in [2.05, 4.69) is 25.7 Å². The Balaban J connectivity index is 2.37. The molecule has 0 saturated heterocycles. The first-order valence-electron chi connectivity index (χ1n) is 9.48. The molecule has 0 N–H and O–H groups in total. The SMILES string of the molecule is CCCCCCN(CCCc1ccc([N+](=O)[O-])cc1)CCC(C)C. The first-order valence-corrected chi connectivity index (χ1v) is 9.48. The molecule has 0 aliphatic heterocycles. The van der Waals surface area contributed by atoms with E-state index in [-0.39, 0.29) is 10.6 Å². The smallest absolute Gasteiger partial charge is 0.269 e. The number of hydrogen-bond donors (Lipinski definition) is 0. The summed E-state index contributed by atoms with van der Waals surface area (Å²) in [4.78, 5) is 12.9. The maximum atomic E-state index is 10.7. The summed E-state index contributed by atoms with van der Waals surface area (Å²) in [5.41, 5.74) is 1.36. The molecule has 0 atom stereocenters. The van der Waals surface area contributed by atoms with Gasteiger partial charge in [0.05, 0.1) is 4.92 Å². The molecule has 1 aromatic carbocycles. The van der Waals surface area contributed by atoms with E-state index in [1.165, 1.54) is 50.8 Å². The molecule has 0 amide bonds. The molecule has 1 rings (SSSR count). The van der Waals surface area contributed by atoms with Gasteiger partial charge in [-0.3, -0.25) is 10.1 Å². The fraction of sp³-hybridized carbons (Fsp3) is 0.700. The maximum Gasteiger partial charge on any atom is 0.269 e. The van der Waals surface area contributed by atoms with Crippen molar-refractivity contribution < 1.29 is 4.92 Å². The maximum absolute atomic E-state index is 10.7. The summed E-state index contributed by atoms with van der Waals surface area (Å²) in [5.74, 6) is 0.748. The van der Waals surface area contributed by atoms with Crippen molar-refractivity contribution in [1.29, 1.82) is 0 Å². The Bertz CT molecular complexity index is 457. The quantitative estimate of drug-likeness (QED) is 0.273. The van der Waals surface area contributed by atoms with E-state index < -0.39 is 0 Å². The number of nitro benzene ring substituents is 1. The zero-order chi connectivity index (χ0) is 17.8. The van der Waals surface area contributed by atoms with Crippen molar-refractivity contribution >= 4 is 5.69 Å². The highest BCUT2D eigenvalue weighted by Crippen LogP contribution is 2.14. The Morgan fingerprint density at radius 2 is 1.67 bits per heavy atom. The molecule has 0 bridgehead atoms. The number of nitrogens with zero attached hydrogens (tertiary/aromatic N) is 2. The zero-order valence-corrected chi connectivity index (χ0v) is 15.7. The first kappa shape index (κ1) is 20.6. The van der Waals surface area contributed by atoms with Crippen LogP contribution in [-0.2, 0) is 6.42 Å². The van der Waals surface area contributed by atoms with Gasteiger partial charge in [-0.05, 0) is 56.8 Å². The number of unbranched alkanes of at least 4 members (excludes halogenated alkanes) is 3. The topological polar surface area (TPSA) is 46.4 Å². The van der Waals surface area contributed by atoms with Crippen LogP contribution in [0.25, 0.3) is 0 Å². The molecule has 0 aliphatic rings. The molecule has 0 unspecified atom stereocenters. The average molecular weight is 335 g/mol. The molecule has 1 aromatic rings. The van der Waals surface area contributed by atoms with Gasteiger partial charge in [-0.15, -0.1) is 0 Å². The molecule has 0 radical (unpaired) electrons. The summed E-state index contributed by atoms with van der Waals surface area (Å²) in [6.45, 7) is 10.3. The molecule has 4 heteroatoms. The predicted octanol–water partition coefficient (Wildman–Crippen LogP) is 5.46. The lowest BCUT2D eigenvalue weighted by atomic mass is 10.1. The molecule has 136 valence electrons. The van der Waals surface area contributed by atoms with Crippen LogP contribution in [0, 0.1) is 16.0 Å². The van der Waals surface area contributed by atoms with Crippen LogP contribution >= 0.6 is 0 Å². The van der Waals surface area contributed by atoms with Crippen LogP contribution in [0.2, 0.25) is 0 Å². The molecule has 0 heterocycles. The Labute approximate surface area is 147 Å². The van der Waals surface area contributed by atoms with Crippen molar-refractivity contribution in [3.05, 3.63) is 39.9 Å². The number of non-ortho nitro benzene ring substituents is 1. The second-order valence-electron chi connectivity index (χ2n) is 7.11. The predicted molar refractivity (Wildman–Crippen MR) is 101 cm³/mol. The molecule has 0 spiro atoms. The lowest BCUT2D eigenvalue weighted by Crippen LogP contribution is -2.28. The number of benzene rings is 1. The van der Waals surface area contributed by atoms with Gasteiger partial charge in [-0.25, -0.2) is 0 Å². The van der Waals surface area contributed by atoms with Gasteiger partial charge in [-0.1, -0.05) is 52.2 Å². The fourth-order valence-corrected chi connectivity index (χ4v) is 2.83. The molecular weight excluding hydrogens is 300 g/mol. The second-order valence-corrected chi connectivity index (χ2v) is 7.11. The molecule has 0 saturated carbocycles. The molecule has 0 aromatic heterocycles.